The van der Waals surface area contributed by atoms with E-state index in [1.807, 2.05) is 37.3 Å². The Balaban J connectivity index is 1.71. The van der Waals surface area contributed by atoms with Crippen molar-refractivity contribution in [3.05, 3.63) is 76.6 Å². The molecule has 0 atom stereocenters. The zero-order valence-corrected chi connectivity index (χ0v) is 14.8. The Morgan fingerprint density at radius 3 is 2.56 bits per heavy atom. The maximum absolute atomic E-state index is 13.8. The molecule has 0 radical (unpaired) electrons. The van der Waals surface area contributed by atoms with Gasteiger partial charge < -0.3 is 5.32 Å². The van der Waals surface area contributed by atoms with Crippen LogP contribution < -0.4 is 5.32 Å². The molecular formula is C19H12F3N3OS. The fourth-order valence-corrected chi connectivity index (χ4v) is 3.79. The summed E-state index contributed by atoms with van der Waals surface area (Å²) < 4.78 is 41.9. The molecule has 0 fully saturated rings. The second kappa shape index (κ2) is 6.55. The molecule has 1 amide bonds. The van der Waals surface area contributed by atoms with Gasteiger partial charge in [-0.2, -0.15) is 5.10 Å². The lowest BCUT2D eigenvalue weighted by Crippen LogP contribution is -2.12. The first-order chi connectivity index (χ1) is 13.0. The van der Waals surface area contributed by atoms with Crippen molar-refractivity contribution in [3.63, 3.8) is 0 Å². The molecule has 2 aromatic carbocycles. The summed E-state index contributed by atoms with van der Waals surface area (Å²) in [4.78, 5) is 13.5. The van der Waals surface area contributed by atoms with E-state index in [2.05, 4.69) is 10.4 Å². The fraction of sp³-hybridized carbons (Fsp3) is 0.0526. The molecule has 0 saturated carbocycles. The van der Waals surface area contributed by atoms with Crippen LogP contribution in [0.1, 0.15) is 15.4 Å². The van der Waals surface area contributed by atoms with Gasteiger partial charge in [-0.05, 0) is 37.3 Å². The van der Waals surface area contributed by atoms with Crippen LogP contribution in [0.3, 0.4) is 0 Å². The van der Waals surface area contributed by atoms with E-state index in [-0.39, 0.29) is 0 Å². The maximum atomic E-state index is 13.8. The number of aromatic nitrogens is 2. The molecule has 0 unspecified atom stereocenters. The molecule has 0 aliphatic carbocycles. The molecule has 4 aromatic rings. The van der Waals surface area contributed by atoms with Crippen molar-refractivity contribution in [2.24, 2.45) is 0 Å². The van der Waals surface area contributed by atoms with Gasteiger partial charge in [-0.3, -0.25) is 4.79 Å². The van der Waals surface area contributed by atoms with Crippen molar-refractivity contribution in [2.75, 3.05) is 5.32 Å². The second-order valence-electron chi connectivity index (χ2n) is 5.84. The normalized spacial score (nSPS) is 11.1. The first-order valence-corrected chi connectivity index (χ1v) is 8.77. The summed E-state index contributed by atoms with van der Waals surface area (Å²) in [5, 5.41) is 7.56. The molecule has 0 saturated heterocycles. The van der Waals surface area contributed by atoms with Crippen molar-refractivity contribution >= 4 is 33.1 Å². The number of aryl methyl sites for hydroxylation is 1. The highest BCUT2D eigenvalue weighted by atomic mass is 32.1. The van der Waals surface area contributed by atoms with Gasteiger partial charge in [0, 0.05) is 5.39 Å². The largest absolute Gasteiger partial charge is 0.319 e. The highest BCUT2D eigenvalue weighted by Crippen LogP contribution is 2.31. The molecule has 1 N–H and O–H groups in total. The molecule has 8 heteroatoms. The predicted molar refractivity (Wildman–Crippen MR) is 98.0 cm³/mol. The number of benzene rings is 2. The van der Waals surface area contributed by atoms with Crippen molar-refractivity contribution in [1.29, 1.82) is 0 Å². The SMILES string of the molecule is Cc1nn(-c2ccccc2)c2sc(C(=O)Nc3ccc(F)c(F)c3F)cc12. The van der Waals surface area contributed by atoms with E-state index < -0.39 is 29.0 Å². The second-order valence-corrected chi connectivity index (χ2v) is 6.87. The molecule has 27 heavy (non-hydrogen) atoms. The van der Waals surface area contributed by atoms with E-state index in [0.717, 1.165) is 33.7 Å². The fourth-order valence-electron chi connectivity index (χ4n) is 2.71. The molecule has 4 rings (SSSR count). The van der Waals surface area contributed by atoms with E-state index >= 15 is 0 Å². The lowest BCUT2D eigenvalue weighted by Gasteiger charge is -2.06. The Kier molecular flexibility index (Phi) is 4.19. The van der Waals surface area contributed by atoms with Crippen molar-refractivity contribution in [3.8, 4) is 5.69 Å². The molecule has 0 aliphatic heterocycles. The van der Waals surface area contributed by atoms with Gasteiger partial charge in [-0.25, -0.2) is 17.9 Å². The number of hydrogen-bond donors (Lipinski definition) is 1. The quantitative estimate of drug-likeness (QED) is 0.499. The van der Waals surface area contributed by atoms with E-state index in [1.165, 1.54) is 11.3 Å². The van der Waals surface area contributed by atoms with Crippen LogP contribution in [0.5, 0.6) is 0 Å². The standard InChI is InChI=1S/C19H12F3N3OS/c1-10-12-9-15(18(26)23-14-8-7-13(20)16(21)17(14)22)27-19(12)25(24-10)11-5-3-2-4-6-11/h2-9H,1H3,(H,23,26). The minimum absolute atomic E-state index is 0.305. The summed E-state index contributed by atoms with van der Waals surface area (Å²) in [6.45, 7) is 1.82. The summed E-state index contributed by atoms with van der Waals surface area (Å²) in [6.07, 6.45) is 0. The molecule has 0 aliphatic rings. The summed E-state index contributed by atoms with van der Waals surface area (Å²) in [6, 6.07) is 12.8. The number of anilines is 1. The summed E-state index contributed by atoms with van der Waals surface area (Å²) in [5.41, 5.74) is 1.16. The number of halogens is 3. The number of fused-ring (bicyclic) bond motifs is 1. The first kappa shape index (κ1) is 17.3. The van der Waals surface area contributed by atoms with E-state index in [0.29, 0.717) is 4.88 Å². The van der Waals surface area contributed by atoms with Gasteiger partial charge in [0.2, 0.25) is 0 Å². The molecular weight excluding hydrogens is 375 g/mol. The van der Waals surface area contributed by atoms with Crippen LogP contribution in [0.25, 0.3) is 15.9 Å². The average molecular weight is 387 g/mol. The predicted octanol–water partition coefficient (Wildman–Crippen LogP) is 5.07. The van der Waals surface area contributed by atoms with Gasteiger partial charge in [-0.1, -0.05) is 18.2 Å². The van der Waals surface area contributed by atoms with Crippen molar-refractivity contribution in [2.45, 2.75) is 6.92 Å². The third-order valence-corrected chi connectivity index (χ3v) is 5.16. The Hall–Kier alpha value is -3.13. The van der Waals surface area contributed by atoms with Crippen molar-refractivity contribution < 1.29 is 18.0 Å². The number of carbonyl (C=O) groups is 1. The van der Waals surface area contributed by atoms with Crippen LogP contribution >= 0.6 is 11.3 Å². The highest BCUT2D eigenvalue weighted by Gasteiger charge is 2.20. The summed E-state index contributed by atoms with van der Waals surface area (Å²) in [5.74, 6) is -4.98. The maximum Gasteiger partial charge on any atom is 0.265 e. The van der Waals surface area contributed by atoms with E-state index in [4.69, 9.17) is 0 Å². The van der Waals surface area contributed by atoms with Gasteiger partial charge >= 0.3 is 0 Å². The van der Waals surface area contributed by atoms with E-state index in [1.54, 1.807) is 10.7 Å². The van der Waals surface area contributed by atoms with Gasteiger partial charge in [0.15, 0.2) is 17.5 Å². The molecule has 0 spiro atoms. The molecule has 2 aromatic heterocycles. The van der Waals surface area contributed by atoms with Crippen LogP contribution in [0.2, 0.25) is 0 Å². The zero-order chi connectivity index (χ0) is 19.1. The third kappa shape index (κ3) is 2.97. The number of nitrogens with zero attached hydrogens (tertiary/aromatic N) is 2. The minimum atomic E-state index is -1.63. The van der Waals surface area contributed by atoms with Crippen LogP contribution in [0, 0.1) is 24.4 Å². The lowest BCUT2D eigenvalue weighted by molar-refractivity contribution is 0.103. The van der Waals surface area contributed by atoms with Crippen LogP contribution in [-0.2, 0) is 0 Å². The smallest absolute Gasteiger partial charge is 0.265 e. The Morgan fingerprint density at radius 1 is 1.07 bits per heavy atom. The van der Waals surface area contributed by atoms with E-state index in [9.17, 15) is 18.0 Å². The molecule has 0 bridgehead atoms. The van der Waals surface area contributed by atoms with Gasteiger partial charge in [0.25, 0.3) is 5.91 Å². The lowest BCUT2D eigenvalue weighted by atomic mass is 10.2. The van der Waals surface area contributed by atoms with Crippen LogP contribution in [0.15, 0.2) is 48.5 Å². The van der Waals surface area contributed by atoms with Crippen LogP contribution in [0.4, 0.5) is 18.9 Å². The van der Waals surface area contributed by atoms with Gasteiger partial charge in [0.1, 0.15) is 4.83 Å². The number of nitrogens with one attached hydrogen (secondary N) is 1. The number of amides is 1. The zero-order valence-electron chi connectivity index (χ0n) is 14.0. The van der Waals surface area contributed by atoms with Crippen LogP contribution in [-0.4, -0.2) is 15.7 Å². The first-order valence-electron chi connectivity index (χ1n) is 7.95. The third-order valence-electron chi connectivity index (χ3n) is 4.05. The average Bonchev–Trinajstić information content (AvgIpc) is 3.24. The summed E-state index contributed by atoms with van der Waals surface area (Å²) >= 11 is 1.18. The van der Waals surface area contributed by atoms with Gasteiger partial charge in [-0.15, -0.1) is 11.3 Å². The topological polar surface area (TPSA) is 46.9 Å². The molecule has 136 valence electrons. The molecule has 2 heterocycles. The van der Waals surface area contributed by atoms with Crippen molar-refractivity contribution in [1.82, 2.24) is 9.78 Å². The number of hydrogen-bond acceptors (Lipinski definition) is 3. The minimum Gasteiger partial charge on any atom is -0.319 e. The highest BCUT2D eigenvalue weighted by molar-refractivity contribution is 7.20. The number of rotatable bonds is 3. The number of para-hydroxylation sites is 1. The number of thiophene rings is 1. The Bertz CT molecular complexity index is 1170. The summed E-state index contributed by atoms with van der Waals surface area (Å²) in [7, 11) is 0. The Labute approximate surface area is 155 Å². The van der Waals surface area contributed by atoms with Gasteiger partial charge in [0.05, 0.1) is 21.9 Å². The molecule has 4 nitrogen and oxygen atoms in total. The monoisotopic (exact) mass is 387 g/mol. The Morgan fingerprint density at radius 2 is 1.81 bits per heavy atom. The number of carbonyl (C=O) groups excluding carboxylic acids is 1.